The highest BCUT2D eigenvalue weighted by Gasteiger charge is 2.53. The van der Waals surface area contributed by atoms with Gasteiger partial charge in [0.1, 0.15) is 0 Å². The van der Waals surface area contributed by atoms with E-state index in [0.717, 1.165) is 42.5 Å². The molecule has 0 bridgehead atoms. The Hall–Kier alpha value is -3.32. The van der Waals surface area contributed by atoms with E-state index in [-0.39, 0.29) is 36.1 Å². The molecule has 0 spiro atoms. The van der Waals surface area contributed by atoms with Crippen molar-refractivity contribution in [3.63, 3.8) is 0 Å². The average molecular weight is 427 g/mol. The fourth-order valence-corrected chi connectivity index (χ4v) is 5.09. The second-order valence-electron chi connectivity index (χ2n) is 8.98. The van der Waals surface area contributed by atoms with Crippen LogP contribution in [0.4, 0.5) is 0 Å². The minimum atomic E-state index is -0.354. The number of terminal acetylenes is 1. The average Bonchev–Trinajstić information content (AvgIpc) is 2.93. The van der Waals surface area contributed by atoms with Gasteiger partial charge < -0.3 is 10.2 Å². The van der Waals surface area contributed by atoms with Gasteiger partial charge in [-0.3, -0.25) is 9.59 Å². The van der Waals surface area contributed by atoms with Crippen LogP contribution in [0.3, 0.4) is 0 Å². The maximum Gasteiger partial charge on any atom is 0.231 e. The Bertz CT molecular complexity index is 1050. The number of rotatable bonds is 6. The Morgan fingerprint density at radius 1 is 1.12 bits per heavy atom. The molecule has 1 fully saturated rings. The number of carbonyl (C=O) groups excluding carboxylic acids is 2. The molecular weight excluding hydrogens is 396 g/mol. The number of allylic oxidation sites excluding steroid dienone is 2. The van der Waals surface area contributed by atoms with Crippen molar-refractivity contribution in [1.29, 1.82) is 0 Å². The molecule has 0 unspecified atom stereocenters. The predicted octanol–water partition coefficient (Wildman–Crippen LogP) is 4.92. The Balaban J connectivity index is 1.57. The molecule has 4 heteroatoms. The number of hydrogen-bond acceptors (Lipinski definition) is 2. The van der Waals surface area contributed by atoms with Crippen molar-refractivity contribution in [2.45, 2.75) is 45.6 Å². The molecular formula is C28H30N2O2. The van der Waals surface area contributed by atoms with E-state index >= 15 is 0 Å². The number of amides is 2. The van der Waals surface area contributed by atoms with E-state index in [1.807, 2.05) is 23.1 Å². The molecule has 4 rings (SSSR count). The maximum absolute atomic E-state index is 13.6. The molecule has 1 heterocycles. The van der Waals surface area contributed by atoms with Gasteiger partial charge in [0.2, 0.25) is 11.8 Å². The van der Waals surface area contributed by atoms with Crippen molar-refractivity contribution in [3.8, 4) is 23.5 Å². The summed E-state index contributed by atoms with van der Waals surface area (Å²) in [4.78, 5) is 27.9. The van der Waals surface area contributed by atoms with Gasteiger partial charge in [-0.1, -0.05) is 79.9 Å². The van der Waals surface area contributed by atoms with Crippen molar-refractivity contribution >= 4 is 11.8 Å². The van der Waals surface area contributed by atoms with Crippen LogP contribution in [0, 0.1) is 23.7 Å². The Morgan fingerprint density at radius 2 is 1.84 bits per heavy atom. The largest absolute Gasteiger partial charge is 0.345 e. The fraction of sp³-hybridized carbons (Fsp3) is 0.357. The highest BCUT2D eigenvalue weighted by atomic mass is 16.2. The Labute approximate surface area is 190 Å². The molecule has 0 saturated carbocycles. The number of nitrogens with one attached hydrogen (secondary N) is 1. The highest BCUT2D eigenvalue weighted by molar-refractivity contribution is 5.90. The van der Waals surface area contributed by atoms with Crippen LogP contribution < -0.4 is 5.32 Å². The zero-order chi connectivity index (χ0) is 22.6. The molecule has 1 N–H and O–H groups in total. The standard InChI is InChI=1S/C28H30N2O2/c1-3-18-29-26(31)19-24-27(32)30(25-12-8-5-9-17-28(24,25)2)20-21-13-15-23(16-14-21)22-10-6-4-7-11-22/h1,4,6-7,10-16,24H,5,8-9,17-20H2,2H3,(H,29,31)/t24-,28+/m1/s1. The topological polar surface area (TPSA) is 49.4 Å². The fourth-order valence-electron chi connectivity index (χ4n) is 5.09. The summed E-state index contributed by atoms with van der Waals surface area (Å²) >= 11 is 0. The second kappa shape index (κ2) is 9.44. The molecule has 0 aromatic heterocycles. The summed E-state index contributed by atoms with van der Waals surface area (Å²) in [6.07, 6.45) is 11.7. The molecule has 1 saturated heterocycles. The van der Waals surface area contributed by atoms with Gasteiger partial charge in [-0.15, -0.1) is 6.42 Å². The van der Waals surface area contributed by atoms with Crippen molar-refractivity contribution in [2.75, 3.05) is 6.54 Å². The predicted molar refractivity (Wildman–Crippen MR) is 127 cm³/mol. The summed E-state index contributed by atoms with van der Waals surface area (Å²) in [6.45, 7) is 2.87. The number of likely N-dealkylation sites (tertiary alicyclic amines) is 1. The van der Waals surface area contributed by atoms with E-state index in [9.17, 15) is 9.59 Å². The van der Waals surface area contributed by atoms with Gasteiger partial charge in [0.15, 0.2) is 0 Å². The maximum atomic E-state index is 13.6. The number of fused-ring (bicyclic) bond motifs is 1. The lowest BCUT2D eigenvalue weighted by Crippen LogP contribution is -2.34. The van der Waals surface area contributed by atoms with Crippen molar-refractivity contribution < 1.29 is 9.59 Å². The molecule has 4 nitrogen and oxygen atoms in total. The minimum absolute atomic E-state index is 0.0450. The van der Waals surface area contributed by atoms with Crippen LogP contribution in [0.15, 0.2) is 66.4 Å². The van der Waals surface area contributed by atoms with E-state index in [2.05, 4.69) is 60.6 Å². The first kappa shape index (κ1) is 21.9. The van der Waals surface area contributed by atoms with E-state index in [1.54, 1.807) is 0 Å². The van der Waals surface area contributed by atoms with Gasteiger partial charge in [0.05, 0.1) is 19.0 Å². The van der Waals surface area contributed by atoms with Crippen LogP contribution in [-0.2, 0) is 16.1 Å². The van der Waals surface area contributed by atoms with Crippen LogP contribution in [0.2, 0.25) is 0 Å². The summed E-state index contributed by atoms with van der Waals surface area (Å²) in [5.74, 6) is 1.97. The molecule has 2 atom stereocenters. The summed E-state index contributed by atoms with van der Waals surface area (Å²) in [5.41, 5.74) is 4.19. The second-order valence-corrected chi connectivity index (χ2v) is 8.98. The summed E-state index contributed by atoms with van der Waals surface area (Å²) in [7, 11) is 0. The van der Waals surface area contributed by atoms with Gasteiger partial charge >= 0.3 is 0 Å². The summed E-state index contributed by atoms with van der Waals surface area (Å²) < 4.78 is 0. The van der Waals surface area contributed by atoms with Crippen molar-refractivity contribution in [3.05, 3.63) is 71.9 Å². The smallest absolute Gasteiger partial charge is 0.231 e. The molecule has 32 heavy (non-hydrogen) atoms. The monoisotopic (exact) mass is 426 g/mol. The molecule has 2 aromatic carbocycles. The first-order valence-electron chi connectivity index (χ1n) is 11.4. The number of hydrogen-bond donors (Lipinski definition) is 1. The molecule has 164 valence electrons. The SMILES string of the molecule is C#CCNC(=O)C[C@@H]1C(=O)N(Cc2ccc(-c3ccccc3)cc2)C2=CCCCC[C@]21C. The first-order chi connectivity index (χ1) is 15.5. The minimum Gasteiger partial charge on any atom is -0.345 e. The molecule has 2 aliphatic rings. The number of carbonyl (C=O) groups is 2. The van der Waals surface area contributed by atoms with E-state index in [4.69, 9.17) is 6.42 Å². The highest BCUT2D eigenvalue weighted by Crippen LogP contribution is 2.52. The van der Waals surface area contributed by atoms with Gasteiger partial charge in [0, 0.05) is 17.5 Å². The van der Waals surface area contributed by atoms with Gasteiger partial charge in [-0.2, -0.15) is 0 Å². The van der Waals surface area contributed by atoms with Crippen LogP contribution in [0.5, 0.6) is 0 Å². The van der Waals surface area contributed by atoms with Gasteiger partial charge in [-0.05, 0) is 36.0 Å². The molecule has 2 amide bonds. The van der Waals surface area contributed by atoms with Gasteiger partial charge in [-0.25, -0.2) is 0 Å². The Morgan fingerprint density at radius 3 is 2.56 bits per heavy atom. The van der Waals surface area contributed by atoms with Gasteiger partial charge in [0.25, 0.3) is 0 Å². The molecule has 2 aromatic rings. The quantitative estimate of drug-likeness (QED) is 0.667. The van der Waals surface area contributed by atoms with E-state index in [0.29, 0.717) is 6.54 Å². The zero-order valence-corrected chi connectivity index (χ0v) is 18.6. The first-order valence-corrected chi connectivity index (χ1v) is 11.4. The Kier molecular flexibility index (Phi) is 6.46. The van der Waals surface area contributed by atoms with Crippen molar-refractivity contribution in [1.82, 2.24) is 10.2 Å². The summed E-state index contributed by atoms with van der Waals surface area (Å²) in [6, 6.07) is 18.7. The number of benzene rings is 2. The summed E-state index contributed by atoms with van der Waals surface area (Å²) in [5, 5.41) is 2.73. The number of nitrogens with zero attached hydrogens (tertiary/aromatic N) is 1. The molecule has 1 aliphatic carbocycles. The third kappa shape index (κ3) is 4.34. The third-order valence-electron chi connectivity index (χ3n) is 6.88. The van der Waals surface area contributed by atoms with Crippen LogP contribution in [0.25, 0.3) is 11.1 Å². The molecule has 0 radical (unpaired) electrons. The lowest BCUT2D eigenvalue weighted by atomic mass is 9.73. The molecule has 1 aliphatic heterocycles. The third-order valence-corrected chi connectivity index (χ3v) is 6.88. The van der Waals surface area contributed by atoms with Crippen LogP contribution >= 0.6 is 0 Å². The van der Waals surface area contributed by atoms with Crippen LogP contribution in [-0.4, -0.2) is 23.3 Å². The zero-order valence-electron chi connectivity index (χ0n) is 18.6. The van der Waals surface area contributed by atoms with Crippen molar-refractivity contribution in [2.24, 2.45) is 11.3 Å². The normalized spacial score (nSPS) is 22.5. The lowest BCUT2D eigenvalue weighted by Gasteiger charge is -2.30. The lowest BCUT2D eigenvalue weighted by molar-refractivity contribution is -0.135. The van der Waals surface area contributed by atoms with E-state index < -0.39 is 0 Å². The van der Waals surface area contributed by atoms with E-state index in [1.165, 1.54) is 5.56 Å². The van der Waals surface area contributed by atoms with Crippen LogP contribution in [0.1, 0.15) is 44.6 Å².